The SMILES string of the molecule is CCC(C(=O)NC[C@H](C)O)c1ccccc1. The average Bonchev–Trinajstić information content (AvgIpc) is 2.29. The van der Waals surface area contributed by atoms with Gasteiger partial charge in [0, 0.05) is 6.54 Å². The first-order valence-corrected chi connectivity index (χ1v) is 5.65. The van der Waals surface area contributed by atoms with Crippen molar-refractivity contribution in [1.82, 2.24) is 5.32 Å². The molecule has 0 bridgehead atoms. The molecule has 3 heteroatoms. The number of hydrogen-bond donors (Lipinski definition) is 2. The molecule has 0 saturated heterocycles. The van der Waals surface area contributed by atoms with E-state index >= 15 is 0 Å². The summed E-state index contributed by atoms with van der Waals surface area (Å²) in [5.41, 5.74) is 1.02. The van der Waals surface area contributed by atoms with E-state index in [1.165, 1.54) is 0 Å². The first-order chi connectivity index (χ1) is 7.65. The van der Waals surface area contributed by atoms with Crippen LogP contribution in [-0.4, -0.2) is 23.7 Å². The maximum Gasteiger partial charge on any atom is 0.227 e. The fourth-order valence-electron chi connectivity index (χ4n) is 1.63. The van der Waals surface area contributed by atoms with Gasteiger partial charge in [0.15, 0.2) is 0 Å². The molecule has 0 aliphatic carbocycles. The van der Waals surface area contributed by atoms with Crippen LogP contribution in [0.15, 0.2) is 30.3 Å². The van der Waals surface area contributed by atoms with Crippen molar-refractivity contribution in [3.63, 3.8) is 0 Å². The van der Waals surface area contributed by atoms with Gasteiger partial charge in [-0.05, 0) is 18.9 Å². The number of carbonyl (C=O) groups is 1. The number of aliphatic hydroxyl groups is 1. The molecule has 1 aromatic carbocycles. The van der Waals surface area contributed by atoms with Crippen molar-refractivity contribution in [2.45, 2.75) is 32.3 Å². The largest absolute Gasteiger partial charge is 0.392 e. The van der Waals surface area contributed by atoms with Crippen LogP contribution >= 0.6 is 0 Å². The standard InChI is InChI=1S/C13H19NO2/c1-3-12(11-7-5-4-6-8-11)13(16)14-9-10(2)15/h4-8,10,12,15H,3,9H2,1-2H3,(H,14,16)/t10-,12?/m0/s1. The summed E-state index contributed by atoms with van der Waals surface area (Å²) < 4.78 is 0. The summed E-state index contributed by atoms with van der Waals surface area (Å²) >= 11 is 0. The van der Waals surface area contributed by atoms with Gasteiger partial charge in [0.25, 0.3) is 0 Å². The summed E-state index contributed by atoms with van der Waals surface area (Å²) in [4.78, 5) is 11.9. The lowest BCUT2D eigenvalue weighted by molar-refractivity contribution is -0.123. The number of aliphatic hydroxyl groups excluding tert-OH is 1. The molecule has 16 heavy (non-hydrogen) atoms. The second kappa shape index (κ2) is 6.28. The summed E-state index contributed by atoms with van der Waals surface area (Å²) in [6, 6.07) is 9.70. The van der Waals surface area contributed by atoms with Gasteiger partial charge in [-0.1, -0.05) is 37.3 Å². The molecule has 88 valence electrons. The van der Waals surface area contributed by atoms with E-state index in [1.807, 2.05) is 37.3 Å². The number of carbonyl (C=O) groups excluding carboxylic acids is 1. The molecule has 1 amide bonds. The Morgan fingerprint density at radius 1 is 1.38 bits per heavy atom. The Morgan fingerprint density at radius 3 is 2.50 bits per heavy atom. The maximum atomic E-state index is 11.9. The van der Waals surface area contributed by atoms with Crippen molar-refractivity contribution in [2.24, 2.45) is 0 Å². The lowest BCUT2D eigenvalue weighted by Crippen LogP contribution is -2.34. The second-order valence-corrected chi connectivity index (χ2v) is 3.97. The van der Waals surface area contributed by atoms with Crippen molar-refractivity contribution < 1.29 is 9.90 Å². The lowest BCUT2D eigenvalue weighted by Gasteiger charge is -2.16. The third-order valence-corrected chi connectivity index (χ3v) is 2.50. The molecule has 0 aliphatic heterocycles. The molecule has 0 aliphatic rings. The molecule has 0 radical (unpaired) electrons. The third-order valence-electron chi connectivity index (χ3n) is 2.50. The van der Waals surface area contributed by atoms with E-state index in [1.54, 1.807) is 6.92 Å². The molecule has 1 rings (SSSR count). The minimum Gasteiger partial charge on any atom is -0.392 e. The highest BCUT2D eigenvalue weighted by molar-refractivity contribution is 5.83. The Bertz CT molecular complexity index is 322. The van der Waals surface area contributed by atoms with Crippen LogP contribution in [0.2, 0.25) is 0 Å². The van der Waals surface area contributed by atoms with E-state index in [0.717, 1.165) is 12.0 Å². The van der Waals surface area contributed by atoms with Crippen LogP contribution < -0.4 is 5.32 Å². The normalized spacial score (nSPS) is 14.2. The van der Waals surface area contributed by atoms with Crippen LogP contribution in [0.4, 0.5) is 0 Å². The Morgan fingerprint density at radius 2 is 2.00 bits per heavy atom. The zero-order valence-corrected chi connectivity index (χ0v) is 9.81. The number of benzene rings is 1. The number of hydrogen-bond acceptors (Lipinski definition) is 2. The van der Waals surface area contributed by atoms with Gasteiger partial charge in [-0.25, -0.2) is 0 Å². The first-order valence-electron chi connectivity index (χ1n) is 5.65. The second-order valence-electron chi connectivity index (χ2n) is 3.97. The predicted molar refractivity (Wildman–Crippen MR) is 64.2 cm³/mol. The van der Waals surface area contributed by atoms with Gasteiger partial charge in [0.1, 0.15) is 0 Å². The Hall–Kier alpha value is -1.35. The maximum absolute atomic E-state index is 11.9. The predicted octanol–water partition coefficient (Wildman–Crippen LogP) is 1.68. The highest BCUT2D eigenvalue weighted by Crippen LogP contribution is 2.18. The highest BCUT2D eigenvalue weighted by atomic mass is 16.3. The minimum atomic E-state index is -0.503. The zero-order chi connectivity index (χ0) is 12.0. The zero-order valence-electron chi connectivity index (χ0n) is 9.81. The Balaban J connectivity index is 2.64. The van der Waals surface area contributed by atoms with E-state index in [4.69, 9.17) is 5.11 Å². The Labute approximate surface area is 96.5 Å². The van der Waals surface area contributed by atoms with Gasteiger partial charge in [-0.2, -0.15) is 0 Å². The molecule has 2 N–H and O–H groups in total. The van der Waals surface area contributed by atoms with Crippen LogP contribution in [-0.2, 0) is 4.79 Å². The third kappa shape index (κ3) is 3.66. The van der Waals surface area contributed by atoms with Crippen molar-refractivity contribution >= 4 is 5.91 Å². The molecule has 1 unspecified atom stereocenters. The number of amides is 1. The van der Waals surface area contributed by atoms with Crippen LogP contribution in [0.3, 0.4) is 0 Å². The van der Waals surface area contributed by atoms with Gasteiger partial charge in [-0.15, -0.1) is 0 Å². The topological polar surface area (TPSA) is 49.3 Å². The van der Waals surface area contributed by atoms with Gasteiger partial charge in [-0.3, -0.25) is 4.79 Å². The molecule has 2 atom stereocenters. The summed E-state index contributed by atoms with van der Waals surface area (Å²) in [5.74, 6) is -0.144. The van der Waals surface area contributed by atoms with E-state index in [2.05, 4.69) is 5.32 Å². The van der Waals surface area contributed by atoms with E-state index in [9.17, 15) is 4.79 Å². The first kappa shape index (κ1) is 12.7. The van der Waals surface area contributed by atoms with Gasteiger partial charge >= 0.3 is 0 Å². The van der Waals surface area contributed by atoms with Crippen molar-refractivity contribution in [3.8, 4) is 0 Å². The average molecular weight is 221 g/mol. The van der Waals surface area contributed by atoms with Gasteiger partial charge < -0.3 is 10.4 Å². The molecule has 3 nitrogen and oxygen atoms in total. The van der Waals surface area contributed by atoms with E-state index < -0.39 is 6.10 Å². The fraction of sp³-hybridized carbons (Fsp3) is 0.462. The highest BCUT2D eigenvalue weighted by Gasteiger charge is 2.17. The summed E-state index contributed by atoms with van der Waals surface area (Å²) in [5, 5.41) is 11.9. The van der Waals surface area contributed by atoms with Crippen LogP contribution in [0, 0.1) is 0 Å². The number of nitrogens with one attached hydrogen (secondary N) is 1. The fourth-order valence-corrected chi connectivity index (χ4v) is 1.63. The molecule has 0 spiro atoms. The van der Waals surface area contributed by atoms with Crippen molar-refractivity contribution in [1.29, 1.82) is 0 Å². The smallest absolute Gasteiger partial charge is 0.227 e. The van der Waals surface area contributed by atoms with Crippen LogP contribution in [0.1, 0.15) is 31.7 Å². The quantitative estimate of drug-likeness (QED) is 0.794. The molecule has 0 heterocycles. The summed E-state index contributed by atoms with van der Waals surface area (Å²) in [7, 11) is 0. The van der Waals surface area contributed by atoms with Gasteiger partial charge in [0.05, 0.1) is 12.0 Å². The Kier molecular flexibility index (Phi) is 4.99. The summed E-state index contributed by atoms with van der Waals surface area (Å²) in [6.45, 7) is 3.95. The molecule has 0 fully saturated rings. The van der Waals surface area contributed by atoms with E-state index in [-0.39, 0.29) is 11.8 Å². The molecule has 0 saturated carbocycles. The number of rotatable bonds is 5. The van der Waals surface area contributed by atoms with E-state index in [0.29, 0.717) is 6.54 Å². The van der Waals surface area contributed by atoms with Crippen molar-refractivity contribution in [3.05, 3.63) is 35.9 Å². The van der Waals surface area contributed by atoms with Gasteiger partial charge in [0.2, 0.25) is 5.91 Å². The molecule has 1 aromatic rings. The molecular weight excluding hydrogens is 202 g/mol. The monoisotopic (exact) mass is 221 g/mol. The lowest BCUT2D eigenvalue weighted by atomic mass is 9.96. The minimum absolute atomic E-state index is 0.0189. The molecular formula is C13H19NO2. The van der Waals surface area contributed by atoms with Crippen molar-refractivity contribution in [2.75, 3.05) is 6.54 Å². The molecule has 0 aromatic heterocycles. The van der Waals surface area contributed by atoms with Crippen LogP contribution in [0.25, 0.3) is 0 Å². The van der Waals surface area contributed by atoms with Crippen LogP contribution in [0.5, 0.6) is 0 Å². The summed E-state index contributed by atoms with van der Waals surface area (Å²) in [6.07, 6.45) is 0.257.